The molecule has 8 heteroatoms. The second-order valence-corrected chi connectivity index (χ2v) is 7.12. The molecule has 0 aromatic carbocycles. The summed E-state index contributed by atoms with van der Waals surface area (Å²) in [6.07, 6.45) is 0.150. The Morgan fingerprint density at radius 2 is 2.09 bits per heavy atom. The molecule has 23 heavy (non-hydrogen) atoms. The number of fused-ring (bicyclic) bond motifs is 1. The number of ether oxygens (including phenoxy) is 1. The molecule has 2 saturated heterocycles. The molecule has 1 unspecified atom stereocenters. The standard InChI is InChI=1S/C15H26N4O4/c1-5-10(17-12(21)14(2,3)16)11(20)18-6-7-19-13(22)23-9-15(19,4)8-18/h10H,5-9,16H2,1-4H3,(H,17,21)/t10-,15?/m1/s1. The quantitative estimate of drug-likeness (QED) is 0.736. The van der Waals surface area contributed by atoms with Crippen LogP contribution < -0.4 is 11.1 Å². The first-order chi connectivity index (χ1) is 10.6. The van der Waals surface area contributed by atoms with Crippen LogP contribution in [0.5, 0.6) is 0 Å². The number of carbonyl (C=O) groups excluding carboxylic acids is 3. The molecule has 0 spiro atoms. The third-order valence-corrected chi connectivity index (χ3v) is 4.41. The number of cyclic esters (lactones) is 1. The molecular formula is C15H26N4O4. The van der Waals surface area contributed by atoms with Gasteiger partial charge in [-0.2, -0.15) is 0 Å². The minimum Gasteiger partial charge on any atom is -0.447 e. The Balaban J connectivity index is 2.04. The van der Waals surface area contributed by atoms with Gasteiger partial charge in [0.15, 0.2) is 0 Å². The maximum absolute atomic E-state index is 12.7. The first-order valence-electron chi connectivity index (χ1n) is 7.91. The van der Waals surface area contributed by atoms with Crippen molar-refractivity contribution >= 4 is 17.9 Å². The Hall–Kier alpha value is -1.83. The number of nitrogens with two attached hydrogens (primary N) is 1. The van der Waals surface area contributed by atoms with Crippen LogP contribution in [0.25, 0.3) is 0 Å². The summed E-state index contributed by atoms with van der Waals surface area (Å²) in [5, 5.41) is 2.72. The van der Waals surface area contributed by atoms with Gasteiger partial charge in [0.2, 0.25) is 11.8 Å². The molecular weight excluding hydrogens is 300 g/mol. The molecule has 2 fully saturated rings. The van der Waals surface area contributed by atoms with E-state index in [0.29, 0.717) is 26.1 Å². The number of hydrogen-bond acceptors (Lipinski definition) is 5. The van der Waals surface area contributed by atoms with Gasteiger partial charge in [-0.25, -0.2) is 4.79 Å². The number of amides is 3. The lowest BCUT2D eigenvalue weighted by atomic mass is 9.98. The van der Waals surface area contributed by atoms with Crippen LogP contribution in [0.3, 0.4) is 0 Å². The Labute approximate surface area is 136 Å². The van der Waals surface area contributed by atoms with Crippen molar-refractivity contribution in [1.82, 2.24) is 15.1 Å². The first-order valence-corrected chi connectivity index (χ1v) is 7.91. The highest BCUT2D eigenvalue weighted by Gasteiger charge is 2.48. The van der Waals surface area contributed by atoms with E-state index in [9.17, 15) is 14.4 Å². The van der Waals surface area contributed by atoms with Crippen LogP contribution >= 0.6 is 0 Å². The van der Waals surface area contributed by atoms with E-state index in [1.165, 1.54) is 0 Å². The van der Waals surface area contributed by atoms with Gasteiger partial charge < -0.3 is 20.7 Å². The number of rotatable bonds is 4. The van der Waals surface area contributed by atoms with Crippen LogP contribution in [0.1, 0.15) is 34.1 Å². The summed E-state index contributed by atoms with van der Waals surface area (Å²) >= 11 is 0. The highest BCUT2D eigenvalue weighted by Crippen LogP contribution is 2.28. The summed E-state index contributed by atoms with van der Waals surface area (Å²) in [4.78, 5) is 39.8. The number of carbonyl (C=O) groups is 3. The molecule has 2 aliphatic heterocycles. The highest BCUT2D eigenvalue weighted by atomic mass is 16.6. The lowest BCUT2D eigenvalue weighted by Crippen LogP contribution is -2.64. The molecule has 0 saturated carbocycles. The van der Waals surface area contributed by atoms with E-state index >= 15 is 0 Å². The van der Waals surface area contributed by atoms with Crippen molar-refractivity contribution in [2.24, 2.45) is 5.73 Å². The predicted molar refractivity (Wildman–Crippen MR) is 83.5 cm³/mol. The Morgan fingerprint density at radius 1 is 1.43 bits per heavy atom. The van der Waals surface area contributed by atoms with E-state index < -0.39 is 17.1 Å². The molecule has 0 bridgehead atoms. The number of hydrogen-bond donors (Lipinski definition) is 2. The van der Waals surface area contributed by atoms with Gasteiger partial charge in [-0.3, -0.25) is 14.5 Å². The second-order valence-electron chi connectivity index (χ2n) is 7.12. The number of piperazine rings is 1. The van der Waals surface area contributed by atoms with Crippen molar-refractivity contribution in [3.05, 3.63) is 0 Å². The van der Waals surface area contributed by atoms with Crippen LogP contribution in [-0.2, 0) is 14.3 Å². The smallest absolute Gasteiger partial charge is 0.410 e. The van der Waals surface area contributed by atoms with Crippen LogP contribution in [0.4, 0.5) is 4.79 Å². The van der Waals surface area contributed by atoms with E-state index in [2.05, 4.69) is 5.32 Å². The first kappa shape index (κ1) is 17.5. The summed E-state index contributed by atoms with van der Waals surface area (Å²) in [6, 6.07) is -0.613. The van der Waals surface area contributed by atoms with Crippen LogP contribution in [0.2, 0.25) is 0 Å². The zero-order chi connectivity index (χ0) is 17.4. The van der Waals surface area contributed by atoms with Crippen molar-refractivity contribution < 1.29 is 19.1 Å². The molecule has 0 aliphatic carbocycles. The monoisotopic (exact) mass is 326 g/mol. The normalized spacial score (nSPS) is 25.7. The average molecular weight is 326 g/mol. The van der Waals surface area contributed by atoms with Crippen molar-refractivity contribution in [3.63, 3.8) is 0 Å². The summed E-state index contributed by atoms with van der Waals surface area (Å²) in [6.45, 7) is 8.48. The lowest BCUT2D eigenvalue weighted by Gasteiger charge is -2.43. The molecule has 2 rings (SSSR count). The Kier molecular flexibility index (Phi) is 4.57. The fourth-order valence-corrected chi connectivity index (χ4v) is 2.89. The van der Waals surface area contributed by atoms with Gasteiger partial charge in [0.25, 0.3) is 0 Å². The molecule has 0 aromatic heterocycles. The van der Waals surface area contributed by atoms with Gasteiger partial charge >= 0.3 is 6.09 Å². The third-order valence-electron chi connectivity index (χ3n) is 4.41. The van der Waals surface area contributed by atoms with Crippen molar-refractivity contribution in [3.8, 4) is 0 Å². The van der Waals surface area contributed by atoms with Gasteiger partial charge in [0.1, 0.15) is 12.6 Å². The zero-order valence-corrected chi connectivity index (χ0v) is 14.2. The predicted octanol–water partition coefficient (Wildman–Crippen LogP) is -0.328. The molecule has 0 aromatic rings. The van der Waals surface area contributed by atoms with E-state index in [4.69, 9.17) is 10.5 Å². The minimum atomic E-state index is -1.04. The van der Waals surface area contributed by atoms with E-state index in [-0.39, 0.29) is 24.5 Å². The molecule has 0 radical (unpaired) electrons. The molecule has 3 N–H and O–H groups in total. The molecule has 2 atom stereocenters. The molecule has 2 heterocycles. The Bertz CT molecular complexity index is 516. The van der Waals surface area contributed by atoms with Crippen LogP contribution in [-0.4, -0.2) is 71.1 Å². The largest absolute Gasteiger partial charge is 0.447 e. The van der Waals surface area contributed by atoms with E-state index in [1.54, 1.807) is 23.6 Å². The summed E-state index contributed by atoms with van der Waals surface area (Å²) in [7, 11) is 0. The highest BCUT2D eigenvalue weighted by molar-refractivity contribution is 5.91. The lowest BCUT2D eigenvalue weighted by molar-refractivity contribution is -0.140. The van der Waals surface area contributed by atoms with Gasteiger partial charge in [0.05, 0.1) is 11.1 Å². The van der Waals surface area contributed by atoms with E-state index in [1.807, 2.05) is 13.8 Å². The summed E-state index contributed by atoms with van der Waals surface area (Å²) in [5.41, 5.74) is 4.23. The van der Waals surface area contributed by atoms with Gasteiger partial charge in [-0.1, -0.05) is 6.92 Å². The Morgan fingerprint density at radius 3 is 2.65 bits per heavy atom. The molecule has 8 nitrogen and oxygen atoms in total. The topological polar surface area (TPSA) is 105 Å². The fraction of sp³-hybridized carbons (Fsp3) is 0.800. The maximum atomic E-state index is 12.7. The number of nitrogens with zero attached hydrogens (tertiary/aromatic N) is 2. The van der Waals surface area contributed by atoms with Crippen LogP contribution in [0, 0.1) is 0 Å². The number of nitrogens with one attached hydrogen (secondary N) is 1. The van der Waals surface area contributed by atoms with Gasteiger partial charge in [-0.15, -0.1) is 0 Å². The average Bonchev–Trinajstić information content (AvgIpc) is 2.77. The van der Waals surface area contributed by atoms with Crippen molar-refractivity contribution in [2.45, 2.75) is 51.2 Å². The van der Waals surface area contributed by atoms with Crippen LogP contribution in [0.15, 0.2) is 0 Å². The van der Waals surface area contributed by atoms with Crippen molar-refractivity contribution in [2.75, 3.05) is 26.2 Å². The van der Waals surface area contributed by atoms with E-state index in [0.717, 1.165) is 0 Å². The molecule has 130 valence electrons. The second kappa shape index (κ2) is 5.99. The third kappa shape index (κ3) is 3.41. The summed E-state index contributed by atoms with van der Waals surface area (Å²) < 4.78 is 5.09. The molecule has 3 amide bonds. The van der Waals surface area contributed by atoms with Gasteiger partial charge in [0, 0.05) is 19.6 Å². The molecule has 2 aliphatic rings. The fourth-order valence-electron chi connectivity index (χ4n) is 2.89. The zero-order valence-electron chi connectivity index (χ0n) is 14.2. The SMILES string of the molecule is CC[C@@H](NC(=O)C(C)(C)N)C(=O)N1CCN2C(=O)OCC2(C)C1. The maximum Gasteiger partial charge on any atom is 0.410 e. The summed E-state index contributed by atoms with van der Waals surface area (Å²) in [5.74, 6) is -0.507. The van der Waals surface area contributed by atoms with Gasteiger partial charge in [-0.05, 0) is 27.2 Å². The van der Waals surface area contributed by atoms with Crippen molar-refractivity contribution in [1.29, 1.82) is 0 Å². The minimum absolute atomic E-state index is 0.148.